The van der Waals surface area contributed by atoms with E-state index in [0.717, 1.165) is 147 Å². The molecule has 0 saturated heterocycles. The van der Waals surface area contributed by atoms with Crippen molar-refractivity contribution in [2.75, 3.05) is 14.2 Å². The first-order valence-electron chi connectivity index (χ1n) is 43.1. The van der Waals surface area contributed by atoms with Gasteiger partial charge in [0.15, 0.2) is 43.9 Å². The first-order valence-corrected chi connectivity index (χ1v) is 48.1. The Morgan fingerprint density at radius 1 is 0.338 bits per heavy atom. The van der Waals surface area contributed by atoms with Gasteiger partial charge in [0.25, 0.3) is 23.6 Å². The lowest BCUT2D eigenvalue weighted by Gasteiger charge is -2.17. The number of nitrogens with one attached hydrogen (secondary N) is 4. The fourth-order valence-corrected chi connectivity index (χ4v) is 21.8. The van der Waals surface area contributed by atoms with Crippen LogP contribution in [0.3, 0.4) is 0 Å². The number of methoxy groups -OCH3 is 2. The molecule has 0 spiro atoms. The maximum Gasteiger partial charge on any atom is 0.257 e. The average Bonchev–Trinajstić information content (AvgIpc) is 1.67. The van der Waals surface area contributed by atoms with E-state index in [9.17, 15) is 44.8 Å². The fourth-order valence-electron chi connectivity index (χ4n) is 17.9. The Kier molecular flexibility index (Phi) is 26.7. The topological polar surface area (TPSA) is 249 Å². The molecule has 21 rings (SSSR count). The number of ether oxygens (including phenoxy) is 7. The predicted octanol–water partition coefficient (Wildman–Crippen LogP) is 21.4. The highest BCUT2D eigenvalue weighted by Crippen LogP contribution is 2.48. The van der Waals surface area contributed by atoms with Crippen molar-refractivity contribution in [3.05, 3.63) is 397 Å². The molecule has 4 aliphatic heterocycles. The van der Waals surface area contributed by atoms with Crippen LogP contribution >= 0.6 is 11.6 Å². The maximum atomic E-state index is 14.3. The SMILES string of the molecule is COc1ccc(-c2cccc3c2CC[C@H]3Oc2ccc(C3=CC(=O)NS3=O)cc2)c(Cl)c1.COc1ccc(C)cc1-c1cccc2c1CC[C@H]2Oc1ccc(C2=CC(=O)NS2=O)cc1.Cc1cc(OCc2ccccc2)ccc1-c1cccc2c1CC[C@H]2Oc1ccc(C2=CC(=O)NS2=O)cc1.O=C1C=C(c2ccc(O[C@@H]3CCc4c(-c5cc(F)ccc5F)cccc43)cc2)S(=O)N1. The number of carbonyl (C=O) groups is 4. The Morgan fingerprint density at radius 3 is 1.06 bits per heavy atom. The summed E-state index contributed by atoms with van der Waals surface area (Å²) in [7, 11) is -2.72. The minimum absolute atomic E-state index is 0.0327. The summed E-state index contributed by atoms with van der Waals surface area (Å²) in [6, 6.07) is 85.8. The van der Waals surface area contributed by atoms with Crippen LogP contribution in [-0.4, -0.2) is 54.7 Å². The molecule has 13 aromatic rings. The predicted molar refractivity (Wildman–Crippen MR) is 515 cm³/mol. The summed E-state index contributed by atoms with van der Waals surface area (Å²) in [5.41, 5.74) is 23.6. The molecule has 0 saturated carbocycles. The monoisotopic (exact) mass is 1870 g/mol. The summed E-state index contributed by atoms with van der Waals surface area (Å²) < 4.78 is 127. The van der Waals surface area contributed by atoms with E-state index in [2.05, 4.69) is 118 Å². The Hall–Kier alpha value is -14.0. The van der Waals surface area contributed by atoms with Crippen LogP contribution < -0.4 is 52.0 Å². The van der Waals surface area contributed by atoms with Crippen LogP contribution in [0.4, 0.5) is 8.78 Å². The van der Waals surface area contributed by atoms with Crippen molar-refractivity contribution in [1.29, 1.82) is 0 Å². The summed E-state index contributed by atoms with van der Waals surface area (Å²) in [4.78, 5) is 47.6. The molecular weight excluding hydrogens is 1780 g/mol. The number of benzene rings is 13. The number of amides is 4. The van der Waals surface area contributed by atoms with Gasteiger partial charge >= 0.3 is 0 Å². The maximum absolute atomic E-state index is 14.3. The molecule has 8 aliphatic rings. The number of carbonyl (C=O) groups excluding carboxylic acids is 4. The van der Waals surface area contributed by atoms with Crippen molar-refractivity contribution in [1.82, 2.24) is 18.9 Å². The number of rotatable bonds is 21. The molecule has 4 N–H and O–H groups in total. The number of hydrogen-bond donors (Lipinski definition) is 4. The molecule has 26 heteroatoms. The van der Waals surface area contributed by atoms with Crippen LogP contribution in [0.25, 0.3) is 64.1 Å². The third kappa shape index (κ3) is 19.8. The van der Waals surface area contributed by atoms with Gasteiger partial charge in [-0.1, -0.05) is 181 Å². The summed E-state index contributed by atoms with van der Waals surface area (Å²) in [5, 5.41) is 0.657. The summed E-state index contributed by atoms with van der Waals surface area (Å²) in [6.45, 7) is 4.76. The number of hydrogen-bond acceptors (Lipinski definition) is 15. The van der Waals surface area contributed by atoms with Crippen molar-refractivity contribution < 1.29 is 78.0 Å². The number of halogens is 3. The molecule has 19 nitrogen and oxygen atoms in total. The number of aryl methyl sites for hydroxylation is 2. The molecular formula is C107H87ClF2N4O15S4. The van der Waals surface area contributed by atoms with Gasteiger partial charge in [-0.2, -0.15) is 0 Å². The second-order valence-corrected chi connectivity index (χ2v) is 37.7. The normalized spacial score (nSPS) is 19.0. The first kappa shape index (κ1) is 89.6. The third-order valence-corrected chi connectivity index (χ3v) is 29.1. The standard InChI is InChI=1S/C32H27NO4S.C26H23NO4S.C25H20ClNO4S.C24H17F2NO3S/c1-21-18-25(36-20-22-6-3-2-4-7-22)14-15-26(21)27-8-5-9-29-28(27)16-17-30(29)37-24-12-10-23(11-13-24)31-19-32(34)33-38(31)35;1-16-6-12-23(30-2)22(14-16)19-4-3-5-21-20(19)11-13-24(21)31-18-9-7-17(8-10-18)25-15-26(28)27-32(25)29;1-30-17-9-10-20(22(26)13-17)18-3-2-4-21-19(18)11-12-23(21)31-16-7-5-15(6-8-16)24-14-25(28)27-32(24)29;25-15-6-10-21(26)20(12-15)17-2-1-3-19-18(17)9-11-22(19)30-16-7-4-14(5-8-16)23-13-24(28)27-31(23)29/h2-15,18-19,30H,16-17,20H2,1H3,(H,33,34);3-10,12,14-15,24H,11,13H2,1-2H3,(H,27,28);2-10,13-14,23H,11-12H2,1H3,(H,27,28);1-8,10,12-13,22H,9,11H2,(H,27,28)/t30-,38?;24-,32?;23-,32?;22-,31?/m1111/s1. The quantitative estimate of drug-likeness (QED) is 0.0522. The van der Waals surface area contributed by atoms with Crippen LogP contribution in [-0.2, 0) is 95.4 Å². The zero-order valence-electron chi connectivity index (χ0n) is 72.4. The minimum Gasteiger partial charge on any atom is -0.497 e. The van der Waals surface area contributed by atoms with E-state index in [0.29, 0.717) is 54.5 Å². The van der Waals surface area contributed by atoms with Gasteiger partial charge in [-0.05, 0) is 280 Å². The lowest BCUT2D eigenvalue weighted by molar-refractivity contribution is -0.115. The van der Waals surface area contributed by atoms with Crippen molar-refractivity contribution in [3.63, 3.8) is 0 Å². The fraction of sp³-hybridized carbons (Fsp3) is 0.159. The van der Waals surface area contributed by atoms with Crippen LogP contribution in [0, 0.1) is 25.5 Å². The molecule has 0 aromatic heterocycles. The number of fused-ring (bicyclic) bond motifs is 4. The van der Waals surface area contributed by atoms with Crippen molar-refractivity contribution >= 4 is 98.8 Å². The lowest BCUT2D eigenvalue weighted by atomic mass is 9.93. The van der Waals surface area contributed by atoms with E-state index < -0.39 is 55.6 Å². The van der Waals surface area contributed by atoms with Gasteiger partial charge in [-0.25, -0.2) is 25.6 Å². The van der Waals surface area contributed by atoms with Gasteiger partial charge in [0.05, 0.1) is 38.9 Å². The largest absolute Gasteiger partial charge is 0.497 e. The van der Waals surface area contributed by atoms with Crippen LogP contribution in [0.1, 0.15) is 134 Å². The molecule has 4 unspecified atom stereocenters. The molecule has 4 aliphatic carbocycles. The van der Waals surface area contributed by atoms with E-state index >= 15 is 0 Å². The van der Waals surface area contributed by atoms with Crippen molar-refractivity contribution in [3.8, 4) is 84.8 Å². The van der Waals surface area contributed by atoms with Crippen molar-refractivity contribution in [2.24, 2.45) is 0 Å². The summed E-state index contributed by atoms with van der Waals surface area (Å²) in [6.07, 6.45) is 12.0. The highest BCUT2D eigenvalue weighted by Gasteiger charge is 2.34. The molecule has 133 heavy (non-hydrogen) atoms. The van der Waals surface area contributed by atoms with Crippen LogP contribution in [0.2, 0.25) is 5.02 Å². The van der Waals surface area contributed by atoms with Gasteiger partial charge in [0.2, 0.25) is 0 Å². The minimum atomic E-state index is -1.54. The van der Waals surface area contributed by atoms with E-state index in [1.165, 1.54) is 86.0 Å². The second kappa shape index (κ2) is 39.6. The Bertz CT molecular complexity index is 7010. The van der Waals surface area contributed by atoms with Gasteiger partial charge in [-0.15, -0.1) is 0 Å². The Balaban J connectivity index is 0.000000119. The molecule has 8 atom stereocenters. The van der Waals surface area contributed by atoms with E-state index in [4.69, 9.17) is 44.8 Å². The zero-order valence-corrected chi connectivity index (χ0v) is 76.4. The Labute approximate surface area is 782 Å². The highest BCUT2D eigenvalue weighted by molar-refractivity contribution is 7.94. The lowest BCUT2D eigenvalue weighted by Crippen LogP contribution is -2.16. The van der Waals surface area contributed by atoms with Gasteiger partial charge in [-0.3, -0.25) is 38.1 Å². The molecule has 0 fully saturated rings. The smallest absolute Gasteiger partial charge is 0.257 e. The molecule has 670 valence electrons. The van der Waals surface area contributed by atoms with E-state index in [-0.39, 0.29) is 53.6 Å². The first-order chi connectivity index (χ1) is 64.6. The van der Waals surface area contributed by atoms with Gasteiger partial charge in [0.1, 0.15) is 82.9 Å². The molecule has 0 bridgehead atoms. The average molecular weight is 1870 g/mol. The van der Waals surface area contributed by atoms with Crippen LogP contribution in [0.5, 0.6) is 40.2 Å². The van der Waals surface area contributed by atoms with Gasteiger partial charge in [0, 0.05) is 41.0 Å². The van der Waals surface area contributed by atoms with E-state index in [1.54, 1.807) is 44.6 Å². The molecule has 0 radical (unpaired) electrons. The van der Waals surface area contributed by atoms with Crippen molar-refractivity contribution in [2.45, 2.75) is 96.2 Å². The van der Waals surface area contributed by atoms with Crippen LogP contribution in [0.15, 0.2) is 297 Å². The highest BCUT2D eigenvalue weighted by atomic mass is 35.5. The summed E-state index contributed by atoms with van der Waals surface area (Å²) in [5.74, 6) is 3.01. The van der Waals surface area contributed by atoms with E-state index in [1.807, 2.05) is 140 Å². The molecule has 4 amide bonds. The molecule has 13 aromatic carbocycles. The zero-order chi connectivity index (χ0) is 92.1. The third-order valence-electron chi connectivity index (χ3n) is 24.2. The second-order valence-electron chi connectivity index (χ2n) is 32.6. The van der Waals surface area contributed by atoms with Gasteiger partial charge < -0.3 is 33.2 Å². The summed E-state index contributed by atoms with van der Waals surface area (Å²) >= 11 is 6.54. The Morgan fingerprint density at radius 2 is 0.699 bits per heavy atom. The molecule has 4 heterocycles.